The van der Waals surface area contributed by atoms with Crippen molar-refractivity contribution in [1.82, 2.24) is 4.98 Å². The highest BCUT2D eigenvalue weighted by Crippen LogP contribution is 2.41. The zero-order valence-corrected chi connectivity index (χ0v) is 26.1. The number of hydrogen-bond acceptors (Lipinski definition) is 3. The standard InChI is InChI=1S/C42H29N3Si/c43-29-32-26-27-44-30-38(32)37-21-8-7-20-36(37)31-14-13-15-33(28-31)45-39-22-9-11-24-41(39)46(34-16-3-1-4-17-34,35-18-5-2-6-19-35)42-25-12-10-23-40(42)45/h1-28,30H. The molecule has 0 saturated carbocycles. The predicted molar refractivity (Wildman–Crippen MR) is 192 cm³/mol. The van der Waals surface area contributed by atoms with Gasteiger partial charge in [0.1, 0.15) is 0 Å². The van der Waals surface area contributed by atoms with Gasteiger partial charge in [-0.1, -0.05) is 133 Å². The number of aromatic nitrogens is 1. The SMILES string of the molecule is N#Cc1ccncc1-c1ccccc1-c1cccc(N2c3ccccc3[Si](c3ccccc3)(c3ccccc3)c3ccccc32)c1. The summed E-state index contributed by atoms with van der Waals surface area (Å²) >= 11 is 0. The maximum absolute atomic E-state index is 9.87. The largest absolute Gasteiger partial charge is 0.311 e. The Kier molecular flexibility index (Phi) is 6.87. The molecule has 3 nitrogen and oxygen atoms in total. The topological polar surface area (TPSA) is 39.9 Å². The van der Waals surface area contributed by atoms with Crippen LogP contribution >= 0.6 is 0 Å². The number of fused-ring (bicyclic) bond motifs is 2. The van der Waals surface area contributed by atoms with E-state index >= 15 is 0 Å². The first kappa shape index (κ1) is 27.5. The van der Waals surface area contributed by atoms with E-state index in [1.807, 2.05) is 6.07 Å². The van der Waals surface area contributed by atoms with Gasteiger partial charge in [-0.2, -0.15) is 5.26 Å². The first-order valence-corrected chi connectivity index (χ1v) is 17.4. The second-order valence-corrected chi connectivity index (χ2v) is 15.2. The molecule has 0 aliphatic carbocycles. The van der Waals surface area contributed by atoms with Gasteiger partial charge in [-0.15, -0.1) is 0 Å². The molecule has 8 rings (SSSR count). The van der Waals surface area contributed by atoms with Gasteiger partial charge in [0.15, 0.2) is 8.07 Å². The molecule has 0 spiro atoms. The van der Waals surface area contributed by atoms with Crippen LogP contribution in [0.4, 0.5) is 17.1 Å². The predicted octanol–water partition coefficient (Wildman–Crippen LogP) is 7.45. The van der Waals surface area contributed by atoms with Crippen molar-refractivity contribution in [3.05, 3.63) is 182 Å². The Hall–Kier alpha value is -6.02. The molecular formula is C42H29N3Si. The van der Waals surface area contributed by atoms with Gasteiger partial charge < -0.3 is 4.90 Å². The van der Waals surface area contributed by atoms with Crippen LogP contribution in [0.1, 0.15) is 5.56 Å². The van der Waals surface area contributed by atoms with E-state index in [1.165, 1.54) is 32.1 Å². The molecular weight excluding hydrogens is 575 g/mol. The lowest BCUT2D eigenvalue weighted by Crippen LogP contribution is -2.77. The number of pyridine rings is 1. The number of anilines is 3. The van der Waals surface area contributed by atoms with E-state index in [1.54, 1.807) is 18.5 Å². The summed E-state index contributed by atoms with van der Waals surface area (Å²) in [5.74, 6) is 0. The van der Waals surface area contributed by atoms with Crippen LogP contribution in [-0.2, 0) is 0 Å². The molecule has 1 aliphatic heterocycles. The molecule has 7 aromatic rings. The van der Waals surface area contributed by atoms with Crippen molar-refractivity contribution in [2.75, 3.05) is 4.90 Å². The molecule has 1 aromatic heterocycles. The highest BCUT2D eigenvalue weighted by Gasteiger charge is 2.48. The van der Waals surface area contributed by atoms with Crippen molar-refractivity contribution < 1.29 is 0 Å². The minimum atomic E-state index is -2.67. The maximum Gasteiger partial charge on any atom is 0.184 e. The van der Waals surface area contributed by atoms with Crippen LogP contribution in [0.2, 0.25) is 0 Å². The number of para-hydroxylation sites is 2. The quantitative estimate of drug-likeness (QED) is 0.192. The smallest absolute Gasteiger partial charge is 0.184 e. The van der Waals surface area contributed by atoms with Crippen LogP contribution in [0.25, 0.3) is 22.3 Å². The summed E-state index contributed by atoms with van der Waals surface area (Å²) in [4.78, 5) is 6.78. The number of rotatable bonds is 5. The Morgan fingerprint density at radius 3 is 1.72 bits per heavy atom. The third-order valence-electron chi connectivity index (χ3n) is 9.09. The van der Waals surface area contributed by atoms with Crippen molar-refractivity contribution in [3.8, 4) is 28.3 Å². The van der Waals surface area contributed by atoms with Gasteiger partial charge in [-0.05, 0) is 67.8 Å². The zero-order chi connectivity index (χ0) is 30.9. The summed E-state index contributed by atoms with van der Waals surface area (Å²) in [6, 6.07) is 61.2. The molecule has 0 unspecified atom stereocenters. The first-order valence-electron chi connectivity index (χ1n) is 15.4. The van der Waals surface area contributed by atoms with Gasteiger partial charge in [-0.3, -0.25) is 4.98 Å². The average Bonchev–Trinajstić information content (AvgIpc) is 3.14. The van der Waals surface area contributed by atoms with Crippen LogP contribution in [-0.4, -0.2) is 13.1 Å². The molecule has 4 heteroatoms. The van der Waals surface area contributed by atoms with E-state index < -0.39 is 8.07 Å². The molecule has 0 radical (unpaired) electrons. The molecule has 0 amide bonds. The Morgan fingerprint density at radius 2 is 1.09 bits per heavy atom. The Labute approximate surface area is 270 Å². The lowest BCUT2D eigenvalue weighted by Gasteiger charge is -2.45. The molecule has 2 heterocycles. The third kappa shape index (κ3) is 4.29. The third-order valence-corrected chi connectivity index (χ3v) is 13.9. The summed E-state index contributed by atoms with van der Waals surface area (Å²) in [5.41, 5.74) is 8.06. The fraction of sp³-hybridized carbons (Fsp3) is 0. The van der Waals surface area contributed by atoms with E-state index in [9.17, 15) is 5.26 Å². The summed E-state index contributed by atoms with van der Waals surface area (Å²) in [7, 11) is -2.67. The molecule has 0 N–H and O–H groups in total. The summed E-state index contributed by atoms with van der Waals surface area (Å²) < 4.78 is 0. The summed E-state index contributed by atoms with van der Waals surface area (Å²) in [6.07, 6.45) is 3.46. The van der Waals surface area contributed by atoms with Crippen LogP contribution in [0, 0.1) is 11.3 Å². The lowest BCUT2D eigenvalue weighted by molar-refractivity contribution is 1.29. The molecule has 1 aliphatic rings. The van der Waals surface area contributed by atoms with Crippen LogP contribution in [0.15, 0.2) is 176 Å². The zero-order valence-electron chi connectivity index (χ0n) is 25.1. The monoisotopic (exact) mass is 603 g/mol. The van der Waals surface area contributed by atoms with Crippen LogP contribution < -0.4 is 25.6 Å². The van der Waals surface area contributed by atoms with E-state index in [-0.39, 0.29) is 0 Å². The van der Waals surface area contributed by atoms with Crippen molar-refractivity contribution in [3.63, 3.8) is 0 Å². The van der Waals surface area contributed by atoms with E-state index in [2.05, 4.69) is 168 Å². The van der Waals surface area contributed by atoms with Crippen molar-refractivity contribution in [1.29, 1.82) is 5.26 Å². The number of nitriles is 1. The van der Waals surface area contributed by atoms with Crippen LogP contribution in [0.3, 0.4) is 0 Å². The highest BCUT2D eigenvalue weighted by molar-refractivity contribution is 7.21. The molecule has 46 heavy (non-hydrogen) atoms. The molecule has 6 aromatic carbocycles. The Bertz CT molecular complexity index is 2150. The number of benzene rings is 6. The van der Waals surface area contributed by atoms with Gasteiger partial charge in [0, 0.05) is 35.0 Å². The van der Waals surface area contributed by atoms with Gasteiger partial charge in [0.2, 0.25) is 0 Å². The molecule has 0 bridgehead atoms. The fourth-order valence-corrected chi connectivity index (χ4v) is 12.3. The van der Waals surface area contributed by atoms with E-state index in [4.69, 9.17) is 0 Å². The van der Waals surface area contributed by atoms with Crippen molar-refractivity contribution >= 4 is 45.9 Å². The van der Waals surface area contributed by atoms with E-state index in [0.717, 1.165) is 27.9 Å². The second-order valence-electron chi connectivity index (χ2n) is 11.5. The molecule has 216 valence electrons. The lowest BCUT2D eigenvalue weighted by atomic mass is 9.93. The number of nitrogens with zero attached hydrogens (tertiary/aromatic N) is 3. The van der Waals surface area contributed by atoms with E-state index in [0.29, 0.717) is 5.56 Å². The molecule has 0 fully saturated rings. The summed E-state index contributed by atoms with van der Waals surface area (Å²) in [5, 5.41) is 15.3. The van der Waals surface area contributed by atoms with Gasteiger partial charge >= 0.3 is 0 Å². The molecule has 0 saturated heterocycles. The minimum absolute atomic E-state index is 0.612. The minimum Gasteiger partial charge on any atom is -0.311 e. The number of hydrogen-bond donors (Lipinski definition) is 0. The average molecular weight is 604 g/mol. The summed E-state index contributed by atoms with van der Waals surface area (Å²) in [6.45, 7) is 0. The maximum atomic E-state index is 9.87. The van der Waals surface area contributed by atoms with Gasteiger partial charge in [0.25, 0.3) is 0 Å². The van der Waals surface area contributed by atoms with Gasteiger partial charge in [0.05, 0.1) is 11.6 Å². The fourth-order valence-electron chi connectivity index (χ4n) is 7.18. The highest BCUT2D eigenvalue weighted by atomic mass is 28.3. The Morgan fingerprint density at radius 1 is 0.522 bits per heavy atom. The normalized spacial score (nSPS) is 12.9. The first-order chi connectivity index (χ1) is 22.8. The van der Waals surface area contributed by atoms with Crippen molar-refractivity contribution in [2.45, 2.75) is 0 Å². The van der Waals surface area contributed by atoms with Crippen molar-refractivity contribution in [2.24, 2.45) is 0 Å². The Balaban J connectivity index is 1.37. The van der Waals surface area contributed by atoms with Gasteiger partial charge in [-0.25, -0.2) is 0 Å². The molecule has 0 atom stereocenters. The second kappa shape index (κ2) is 11.5. The van der Waals surface area contributed by atoms with Crippen LogP contribution in [0.5, 0.6) is 0 Å².